The van der Waals surface area contributed by atoms with Gasteiger partial charge in [-0.1, -0.05) is 0 Å². The molecule has 0 atom stereocenters. The molecule has 0 radical (unpaired) electrons. The smallest absolute Gasteiger partial charge is 0.293 e. The van der Waals surface area contributed by atoms with Gasteiger partial charge in [0.2, 0.25) is 11.1 Å². The van der Waals surface area contributed by atoms with Gasteiger partial charge in [0.05, 0.1) is 10.9 Å². The van der Waals surface area contributed by atoms with Crippen LogP contribution in [0.1, 0.15) is 18.9 Å². The Morgan fingerprint density at radius 1 is 1.19 bits per heavy atom. The van der Waals surface area contributed by atoms with Crippen molar-refractivity contribution in [3.63, 3.8) is 0 Å². The summed E-state index contributed by atoms with van der Waals surface area (Å²) in [6.07, 6.45) is 1.57. The number of H-pyrrole nitrogens is 1. The lowest BCUT2D eigenvalue weighted by molar-refractivity contribution is 0.428. The number of anilines is 1. The minimum absolute atomic E-state index is 0.0161. The minimum atomic E-state index is -0.777. The van der Waals surface area contributed by atoms with Gasteiger partial charge in [0.15, 0.2) is 11.2 Å². The Balaban J connectivity index is 1.92. The van der Waals surface area contributed by atoms with E-state index in [0.717, 1.165) is 30.4 Å². The minimum Gasteiger partial charge on any atom is -0.365 e. The van der Waals surface area contributed by atoms with E-state index in [1.165, 1.54) is 0 Å². The van der Waals surface area contributed by atoms with Crippen molar-refractivity contribution in [2.24, 2.45) is 0 Å². The summed E-state index contributed by atoms with van der Waals surface area (Å²) >= 11 is 1.74. The van der Waals surface area contributed by atoms with E-state index in [4.69, 9.17) is 4.52 Å². The number of pyridine rings is 1. The van der Waals surface area contributed by atoms with Gasteiger partial charge in [-0.2, -0.15) is 16.9 Å². The van der Waals surface area contributed by atoms with Crippen LogP contribution in [0.4, 0.5) is 14.5 Å². The van der Waals surface area contributed by atoms with Crippen LogP contribution in [-0.4, -0.2) is 34.3 Å². The maximum atomic E-state index is 15.5. The summed E-state index contributed by atoms with van der Waals surface area (Å²) in [4.78, 5) is 26.4. The highest BCUT2D eigenvalue weighted by molar-refractivity contribution is 7.99. The molecule has 136 valence electrons. The van der Waals surface area contributed by atoms with E-state index in [-0.39, 0.29) is 33.7 Å². The van der Waals surface area contributed by atoms with Crippen molar-refractivity contribution in [3.8, 4) is 0 Å². The largest absolute Gasteiger partial charge is 0.365 e. The molecule has 0 spiro atoms. The Morgan fingerprint density at radius 2 is 1.92 bits per heavy atom. The van der Waals surface area contributed by atoms with Crippen LogP contribution in [0.5, 0.6) is 0 Å². The van der Waals surface area contributed by atoms with Crippen LogP contribution in [-0.2, 0) is 0 Å². The predicted molar refractivity (Wildman–Crippen MR) is 96.3 cm³/mol. The number of halogens is 2. The molecule has 1 N–H and O–H groups in total. The van der Waals surface area contributed by atoms with Crippen LogP contribution < -0.4 is 15.9 Å². The number of hydrogen-bond donors (Lipinski definition) is 1. The highest BCUT2D eigenvalue weighted by Gasteiger charge is 2.33. The summed E-state index contributed by atoms with van der Waals surface area (Å²) in [5, 5.41) is 1.83. The molecule has 1 saturated heterocycles. The fourth-order valence-electron chi connectivity index (χ4n) is 3.67. The Morgan fingerprint density at radius 3 is 2.62 bits per heavy atom. The molecule has 0 bridgehead atoms. The first-order valence-electron chi connectivity index (χ1n) is 8.48. The Hall–Kier alpha value is -2.29. The van der Waals surface area contributed by atoms with Crippen molar-refractivity contribution in [1.82, 2.24) is 9.72 Å². The van der Waals surface area contributed by atoms with Gasteiger partial charge >= 0.3 is 0 Å². The molecule has 1 aromatic carbocycles. The molecule has 5 rings (SSSR count). The molecule has 2 fully saturated rings. The second kappa shape index (κ2) is 5.60. The molecule has 3 heterocycles. The van der Waals surface area contributed by atoms with Crippen LogP contribution in [0.2, 0.25) is 0 Å². The molecule has 1 aliphatic heterocycles. The number of fused-ring (bicyclic) bond motifs is 2. The lowest BCUT2D eigenvalue weighted by Gasteiger charge is -2.29. The number of rotatable bonds is 2. The lowest BCUT2D eigenvalue weighted by Crippen LogP contribution is -2.34. The highest BCUT2D eigenvalue weighted by Crippen LogP contribution is 2.41. The van der Waals surface area contributed by atoms with Gasteiger partial charge in [-0.3, -0.25) is 9.59 Å². The van der Waals surface area contributed by atoms with Crippen molar-refractivity contribution >= 4 is 39.5 Å². The van der Waals surface area contributed by atoms with Crippen molar-refractivity contribution in [3.05, 3.63) is 38.3 Å². The van der Waals surface area contributed by atoms with Crippen LogP contribution in [0.15, 0.2) is 20.2 Å². The van der Waals surface area contributed by atoms with Gasteiger partial charge in [0.1, 0.15) is 11.5 Å². The first-order chi connectivity index (χ1) is 12.6. The van der Waals surface area contributed by atoms with E-state index < -0.39 is 22.6 Å². The summed E-state index contributed by atoms with van der Waals surface area (Å²) in [5.74, 6) is 0.0399. The molecule has 9 heteroatoms. The van der Waals surface area contributed by atoms with Gasteiger partial charge in [-0.15, -0.1) is 0 Å². The zero-order chi connectivity index (χ0) is 18.0. The maximum Gasteiger partial charge on any atom is 0.293 e. The quantitative estimate of drug-likeness (QED) is 0.741. The number of nitrogens with one attached hydrogen (secondary N) is 1. The van der Waals surface area contributed by atoms with Crippen molar-refractivity contribution in [1.29, 1.82) is 0 Å². The topological polar surface area (TPSA) is 71.2 Å². The van der Waals surface area contributed by atoms with Gasteiger partial charge in [0, 0.05) is 30.6 Å². The van der Waals surface area contributed by atoms with E-state index in [1.807, 2.05) is 0 Å². The lowest BCUT2D eigenvalue weighted by atomic mass is 10.1. The van der Waals surface area contributed by atoms with Crippen LogP contribution in [0.3, 0.4) is 0 Å². The van der Waals surface area contributed by atoms with Gasteiger partial charge in [0.25, 0.3) is 5.56 Å². The molecule has 3 aromatic rings. The molecule has 2 aromatic heterocycles. The molecule has 6 nitrogen and oxygen atoms in total. The fourth-order valence-corrected chi connectivity index (χ4v) is 4.57. The molecule has 1 saturated carbocycles. The fraction of sp³-hybridized carbons (Fsp3) is 0.412. The van der Waals surface area contributed by atoms with Gasteiger partial charge < -0.3 is 14.0 Å². The monoisotopic (exact) mass is 379 g/mol. The molecular formula is C17H15F2N3O3S. The van der Waals surface area contributed by atoms with Gasteiger partial charge in [-0.25, -0.2) is 8.78 Å². The van der Waals surface area contributed by atoms with Crippen LogP contribution in [0.25, 0.3) is 22.0 Å². The number of nitrogens with zero attached hydrogens (tertiary/aromatic N) is 2. The van der Waals surface area contributed by atoms with Crippen LogP contribution >= 0.6 is 11.8 Å². The highest BCUT2D eigenvalue weighted by atomic mass is 32.2. The van der Waals surface area contributed by atoms with Crippen molar-refractivity contribution < 1.29 is 13.3 Å². The number of benzene rings is 1. The summed E-state index contributed by atoms with van der Waals surface area (Å²) in [7, 11) is 0. The van der Waals surface area contributed by atoms with Crippen molar-refractivity contribution in [2.45, 2.75) is 18.9 Å². The third-order valence-corrected chi connectivity index (χ3v) is 5.96. The molecule has 0 amide bonds. The second-order valence-corrected chi connectivity index (χ2v) is 7.89. The molecule has 26 heavy (non-hydrogen) atoms. The third-order valence-electron chi connectivity index (χ3n) is 5.02. The first-order valence-corrected chi connectivity index (χ1v) is 9.63. The Kier molecular flexibility index (Phi) is 3.43. The molecule has 0 unspecified atom stereocenters. The van der Waals surface area contributed by atoms with E-state index in [0.29, 0.717) is 13.1 Å². The predicted octanol–water partition coefficient (Wildman–Crippen LogP) is 2.60. The maximum absolute atomic E-state index is 15.5. The summed E-state index contributed by atoms with van der Waals surface area (Å²) in [5.41, 5.74) is -1.45. The Labute approximate surface area is 149 Å². The zero-order valence-corrected chi connectivity index (χ0v) is 14.5. The zero-order valence-electron chi connectivity index (χ0n) is 13.7. The molecular weight excluding hydrogens is 364 g/mol. The number of thioether (sulfide) groups is 1. The third kappa shape index (κ3) is 2.16. The Bertz CT molecular complexity index is 1160. The average molecular weight is 379 g/mol. The number of aromatic nitrogens is 2. The summed E-state index contributed by atoms with van der Waals surface area (Å²) in [6, 6.07) is 0.993. The van der Waals surface area contributed by atoms with E-state index in [2.05, 4.69) is 5.16 Å². The SMILES string of the molecule is O=c1[nH]oc2c1c(=O)c1cc(F)c(N3CCSCC3)c(F)c1n2C1CC1. The standard InChI is InChI=1S/C17H15F2N3O3S/c18-10-7-9-13(12(19)14(10)21-3-5-26-6-4-21)22(8-1-2-8)17-11(15(9)23)16(24)20-25-17/h7-8H,1-6H2,(H,20,24). The second-order valence-electron chi connectivity index (χ2n) is 6.66. The normalized spacial score (nSPS) is 18.2. The summed E-state index contributed by atoms with van der Waals surface area (Å²) in [6.45, 7) is 1.08. The number of hydrogen-bond acceptors (Lipinski definition) is 5. The van der Waals surface area contributed by atoms with E-state index in [1.54, 1.807) is 21.2 Å². The van der Waals surface area contributed by atoms with E-state index >= 15 is 4.39 Å². The van der Waals surface area contributed by atoms with Crippen LogP contribution in [0, 0.1) is 11.6 Å². The summed E-state index contributed by atoms with van der Waals surface area (Å²) < 4.78 is 37.0. The number of aromatic amines is 1. The average Bonchev–Trinajstić information content (AvgIpc) is 3.39. The molecule has 1 aliphatic carbocycles. The van der Waals surface area contributed by atoms with Crippen molar-refractivity contribution in [2.75, 3.05) is 29.5 Å². The molecule has 2 aliphatic rings. The van der Waals surface area contributed by atoms with E-state index in [9.17, 15) is 14.0 Å². The first kappa shape index (κ1) is 15.9. The van der Waals surface area contributed by atoms with Gasteiger partial charge in [-0.05, 0) is 18.9 Å².